The SMILES string of the molecule is Cc1ccc(N2CCC(N[C@@H](CO)C(=O)O)CC2)cc1. The van der Waals surface area contributed by atoms with Gasteiger partial charge in [0.15, 0.2) is 0 Å². The minimum atomic E-state index is -0.992. The summed E-state index contributed by atoms with van der Waals surface area (Å²) in [6.45, 7) is 3.51. The lowest BCUT2D eigenvalue weighted by atomic mass is 10.0. The van der Waals surface area contributed by atoms with Gasteiger partial charge in [0.25, 0.3) is 0 Å². The van der Waals surface area contributed by atoms with E-state index in [1.165, 1.54) is 11.3 Å². The third-order valence-electron chi connectivity index (χ3n) is 3.81. The Morgan fingerprint density at radius 2 is 1.95 bits per heavy atom. The van der Waals surface area contributed by atoms with Crippen LogP contribution in [-0.2, 0) is 4.79 Å². The fourth-order valence-corrected chi connectivity index (χ4v) is 2.55. The topological polar surface area (TPSA) is 72.8 Å². The van der Waals surface area contributed by atoms with Crippen LogP contribution < -0.4 is 10.2 Å². The number of aliphatic hydroxyl groups excluding tert-OH is 1. The maximum Gasteiger partial charge on any atom is 0.323 e. The number of hydrogen-bond acceptors (Lipinski definition) is 4. The third kappa shape index (κ3) is 3.71. The molecule has 1 aliphatic rings. The van der Waals surface area contributed by atoms with Gasteiger partial charge >= 0.3 is 5.97 Å². The van der Waals surface area contributed by atoms with Gasteiger partial charge in [0.2, 0.25) is 0 Å². The van der Waals surface area contributed by atoms with Crippen molar-refractivity contribution in [2.45, 2.75) is 31.8 Å². The molecule has 0 aromatic heterocycles. The van der Waals surface area contributed by atoms with Gasteiger partial charge in [-0.3, -0.25) is 10.1 Å². The summed E-state index contributed by atoms with van der Waals surface area (Å²) in [7, 11) is 0. The van der Waals surface area contributed by atoms with Crippen LogP contribution in [0.5, 0.6) is 0 Å². The van der Waals surface area contributed by atoms with Gasteiger partial charge in [0.05, 0.1) is 6.61 Å². The Balaban J connectivity index is 1.86. The van der Waals surface area contributed by atoms with Crippen molar-refractivity contribution in [2.75, 3.05) is 24.6 Å². The highest BCUT2D eigenvalue weighted by Gasteiger charge is 2.24. The number of aliphatic carboxylic acids is 1. The molecule has 5 heteroatoms. The van der Waals surface area contributed by atoms with E-state index in [4.69, 9.17) is 10.2 Å². The maximum absolute atomic E-state index is 10.9. The van der Waals surface area contributed by atoms with Crippen LogP contribution in [0.3, 0.4) is 0 Å². The van der Waals surface area contributed by atoms with Gasteiger partial charge in [-0.15, -0.1) is 0 Å². The Morgan fingerprint density at radius 1 is 1.35 bits per heavy atom. The number of aryl methyl sites for hydroxylation is 1. The summed E-state index contributed by atoms with van der Waals surface area (Å²) in [6.07, 6.45) is 1.77. The summed E-state index contributed by atoms with van der Waals surface area (Å²) in [5.74, 6) is -0.992. The van der Waals surface area contributed by atoms with E-state index in [1.807, 2.05) is 0 Å². The van der Waals surface area contributed by atoms with Gasteiger partial charge in [0, 0.05) is 24.8 Å². The van der Waals surface area contributed by atoms with Crippen molar-refractivity contribution in [3.8, 4) is 0 Å². The van der Waals surface area contributed by atoms with Crippen molar-refractivity contribution in [2.24, 2.45) is 0 Å². The number of nitrogens with one attached hydrogen (secondary N) is 1. The largest absolute Gasteiger partial charge is 0.480 e. The lowest BCUT2D eigenvalue weighted by molar-refractivity contribution is -0.140. The molecule has 3 N–H and O–H groups in total. The second-order valence-corrected chi connectivity index (χ2v) is 5.34. The zero-order chi connectivity index (χ0) is 14.5. The molecule has 0 amide bonds. The summed E-state index contributed by atoms with van der Waals surface area (Å²) < 4.78 is 0. The number of benzene rings is 1. The Hall–Kier alpha value is -1.59. The molecule has 0 bridgehead atoms. The lowest BCUT2D eigenvalue weighted by Gasteiger charge is -2.35. The van der Waals surface area contributed by atoms with Crippen molar-refractivity contribution >= 4 is 11.7 Å². The number of anilines is 1. The van der Waals surface area contributed by atoms with Crippen LogP contribution in [0, 0.1) is 6.92 Å². The molecule has 0 unspecified atom stereocenters. The molecule has 1 aliphatic heterocycles. The number of hydrogen-bond donors (Lipinski definition) is 3. The predicted molar refractivity (Wildman–Crippen MR) is 78.1 cm³/mol. The monoisotopic (exact) mass is 278 g/mol. The molecule has 110 valence electrons. The quantitative estimate of drug-likeness (QED) is 0.749. The number of carbonyl (C=O) groups is 1. The molecule has 2 rings (SSSR count). The molecule has 1 heterocycles. The molecule has 1 fully saturated rings. The van der Waals surface area contributed by atoms with E-state index >= 15 is 0 Å². The van der Waals surface area contributed by atoms with Gasteiger partial charge in [-0.2, -0.15) is 0 Å². The number of carboxylic acids is 1. The molecule has 1 aromatic rings. The number of piperidine rings is 1. The van der Waals surface area contributed by atoms with Gasteiger partial charge < -0.3 is 15.1 Å². The first-order valence-electron chi connectivity index (χ1n) is 7.01. The fraction of sp³-hybridized carbons (Fsp3) is 0.533. The Morgan fingerprint density at radius 3 is 2.45 bits per heavy atom. The zero-order valence-electron chi connectivity index (χ0n) is 11.7. The minimum absolute atomic E-state index is 0.157. The molecule has 0 saturated carbocycles. The number of aliphatic hydroxyl groups is 1. The number of carboxylic acid groups (broad SMARTS) is 1. The van der Waals surface area contributed by atoms with Crippen LogP contribution in [0.15, 0.2) is 24.3 Å². The second-order valence-electron chi connectivity index (χ2n) is 5.34. The first-order valence-corrected chi connectivity index (χ1v) is 7.01. The van der Waals surface area contributed by atoms with E-state index < -0.39 is 12.0 Å². The third-order valence-corrected chi connectivity index (χ3v) is 3.81. The van der Waals surface area contributed by atoms with Crippen LogP contribution >= 0.6 is 0 Å². The molecule has 1 saturated heterocycles. The van der Waals surface area contributed by atoms with E-state index in [-0.39, 0.29) is 12.6 Å². The molecule has 0 aliphatic carbocycles. The van der Waals surface area contributed by atoms with E-state index in [9.17, 15) is 4.79 Å². The summed E-state index contributed by atoms with van der Waals surface area (Å²) in [5.41, 5.74) is 2.46. The molecule has 5 nitrogen and oxygen atoms in total. The molecule has 0 spiro atoms. The number of nitrogens with zero attached hydrogens (tertiary/aromatic N) is 1. The summed E-state index contributed by atoms with van der Waals surface area (Å²) in [6, 6.07) is 7.75. The van der Waals surface area contributed by atoms with Crippen molar-refractivity contribution in [3.63, 3.8) is 0 Å². The van der Waals surface area contributed by atoms with Gasteiger partial charge in [0.1, 0.15) is 6.04 Å². The van der Waals surface area contributed by atoms with Crippen LogP contribution in [0.1, 0.15) is 18.4 Å². The number of rotatable bonds is 5. The van der Waals surface area contributed by atoms with Gasteiger partial charge in [-0.05, 0) is 31.9 Å². The average molecular weight is 278 g/mol. The smallest absolute Gasteiger partial charge is 0.323 e. The highest BCUT2D eigenvalue weighted by atomic mass is 16.4. The van der Waals surface area contributed by atoms with Crippen molar-refractivity contribution < 1.29 is 15.0 Å². The van der Waals surface area contributed by atoms with Crippen LogP contribution in [0.4, 0.5) is 5.69 Å². The lowest BCUT2D eigenvalue weighted by Crippen LogP contribution is -2.50. The average Bonchev–Trinajstić information content (AvgIpc) is 2.46. The highest BCUT2D eigenvalue weighted by Crippen LogP contribution is 2.20. The predicted octanol–water partition coefficient (Wildman–Crippen LogP) is 0.999. The molecule has 0 radical (unpaired) electrons. The Kier molecular flexibility index (Phi) is 4.98. The first-order chi connectivity index (χ1) is 9.60. The fourth-order valence-electron chi connectivity index (χ4n) is 2.55. The Bertz CT molecular complexity index is 439. The van der Waals surface area contributed by atoms with Crippen LogP contribution in [-0.4, -0.2) is 48.0 Å². The molecular weight excluding hydrogens is 256 g/mol. The van der Waals surface area contributed by atoms with Crippen molar-refractivity contribution in [1.29, 1.82) is 0 Å². The first kappa shape index (κ1) is 14.8. The summed E-state index contributed by atoms with van der Waals surface area (Å²) >= 11 is 0. The van der Waals surface area contributed by atoms with Gasteiger partial charge in [-0.1, -0.05) is 17.7 Å². The molecule has 1 atom stereocenters. The van der Waals surface area contributed by atoms with Crippen molar-refractivity contribution in [3.05, 3.63) is 29.8 Å². The van der Waals surface area contributed by atoms with Crippen LogP contribution in [0.2, 0.25) is 0 Å². The van der Waals surface area contributed by atoms with Gasteiger partial charge in [-0.25, -0.2) is 0 Å². The normalized spacial score (nSPS) is 18.0. The Labute approximate surface area is 119 Å². The highest BCUT2D eigenvalue weighted by molar-refractivity contribution is 5.73. The minimum Gasteiger partial charge on any atom is -0.480 e. The standard InChI is InChI=1S/C15H22N2O3/c1-11-2-4-13(5-3-11)17-8-6-12(7-9-17)16-14(10-18)15(19)20/h2-5,12,14,16,18H,6-10H2,1H3,(H,19,20)/t14-/m0/s1. The van der Waals surface area contributed by atoms with E-state index in [0.29, 0.717) is 0 Å². The van der Waals surface area contributed by atoms with E-state index in [2.05, 4.69) is 41.4 Å². The summed E-state index contributed by atoms with van der Waals surface area (Å²) in [5, 5.41) is 21.0. The van der Waals surface area contributed by atoms with E-state index in [1.54, 1.807) is 0 Å². The van der Waals surface area contributed by atoms with E-state index in [0.717, 1.165) is 25.9 Å². The maximum atomic E-state index is 10.9. The van der Waals surface area contributed by atoms with Crippen LogP contribution in [0.25, 0.3) is 0 Å². The summed E-state index contributed by atoms with van der Waals surface area (Å²) in [4.78, 5) is 13.2. The molecular formula is C15H22N2O3. The molecule has 20 heavy (non-hydrogen) atoms. The zero-order valence-corrected chi connectivity index (χ0v) is 11.7. The molecule has 1 aromatic carbocycles. The second kappa shape index (κ2) is 6.72. The van der Waals surface area contributed by atoms with Crippen molar-refractivity contribution in [1.82, 2.24) is 5.32 Å².